The van der Waals surface area contributed by atoms with Crippen LogP contribution in [0.1, 0.15) is 25.0 Å². The largest absolute Gasteiger partial charge is 0.493 e. The van der Waals surface area contributed by atoms with Crippen LogP contribution >= 0.6 is 0 Å². The number of aryl methyl sites for hydroxylation is 1. The molecular formula is C19H29N5O3. The standard InChI is InChI=1S/C19H29N5O3/c1-6-20-18(22-13-19(2,25)15-11-23-24(3)12-15)21-10-14-8-7-9-16(26-4)17(14)27-5/h7-9,11-12,25H,6,10,13H2,1-5H3,(H2,20,21,22). The van der Waals surface area contributed by atoms with Gasteiger partial charge in [0.15, 0.2) is 17.5 Å². The highest BCUT2D eigenvalue weighted by Gasteiger charge is 2.25. The molecule has 1 aromatic carbocycles. The van der Waals surface area contributed by atoms with Crippen LogP contribution in [0.2, 0.25) is 0 Å². The first-order chi connectivity index (χ1) is 12.9. The molecule has 0 aliphatic carbocycles. The molecule has 1 heterocycles. The van der Waals surface area contributed by atoms with Gasteiger partial charge in [-0.25, -0.2) is 4.99 Å². The van der Waals surface area contributed by atoms with E-state index in [4.69, 9.17) is 9.47 Å². The number of rotatable bonds is 8. The van der Waals surface area contributed by atoms with Gasteiger partial charge in [0.05, 0.1) is 33.5 Å². The zero-order valence-corrected chi connectivity index (χ0v) is 16.6. The quantitative estimate of drug-likeness (QED) is 0.477. The molecule has 0 aliphatic rings. The van der Waals surface area contributed by atoms with Crippen LogP contribution in [0.4, 0.5) is 0 Å². The lowest BCUT2D eigenvalue weighted by atomic mass is 10.00. The molecular weight excluding hydrogens is 346 g/mol. The lowest BCUT2D eigenvalue weighted by molar-refractivity contribution is 0.0616. The van der Waals surface area contributed by atoms with E-state index in [1.807, 2.05) is 32.2 Å². The van der Waals surface area contributed by atoms with Gasteiger partial charge >= 0.3 is 0 Å². The second kappa shape index (κ2) is 9.27. The number of guanidine groups is 1. The second-order valence-electron chi connectivity index (χ2n) is 6.38. The number of ether oxygens (including phenoxy) is 2. The van der Waals surface area contributed by atoms with Crippen LogP contribution in [0.3, 0.4) is 0 Å². The summed E-state index contributed by atoms with van der Waals surface area (Å²) >= 11 is 0. The summed E-state index contributed by atoms with van der Waals surface area (Å²) in [6.07, 6.45) is 3.46. The summed E-state index contributed by atoms with van der Waals surface area (Å²) in [4.78, 5) is 4.60. The Morgan fingerprint density at radius 3 is 2.67 bits per heavy atom. The van der Waals surface area contributed by atoms with Gasteiger partial charge in [0.2, 0.25) is 0 Å². The first kappa shape index (κ1) is 20.6. The highest BCUT2D eigenvalue weighted by Crippen LogP contribution is 2.31. The van der Waals surface area contributed by atoms with Gasteiger partial charge in [-0.2, -0.15) is 5.10 Å². The number of para-hydroxylation sites is 1. The van der Waals surface area contributed by atoms with Gasteiger partial charge in [-0.15, -0.1) is 0 Å². The van der Waals surface area contributed by atoms with E-state index in [0.717, 1.165) is 11.1 Å². The molecule has 0 spiro atoms. The third-order valence-electron chi connectivity index (χ3n) is 4.16. The first-order valence-corrected chi connectivity index (χ1v) is 8.84. The maximum Gasteiger partial charge on any atom is 0.191 e. The first-order valence-electron chi connectivity index (χ1n) is 8.84. The van der Waals surface area contributed by atoms with Gasteiger partial charge in [0, 0.05) is 30.9 Å². The number of nitrogens with zero attached hydrogens (tertiary/aromatic N) is 3. The smallest absolute Gasteiger partial charge is 0.191 e. The number of hydrogen-bond acceptors (Lipinski definition) is 5. The predicted octanol–water partition coefficient (Wildman–Crippen LogP) is 1.40. The van der Waals surface area contributed by atoms with Gasteiger partial charge < -0.3 is 25.2 Å². The van der Waals surface area contributed by atoms with Crippen LogP contribution < -0.4 is 20.1 Å². The average molecular weight is 375 g/mol. The summed E-state index contributed by atoms with van der Waals surface area (Å²) < 4.78 is 12.4. The Labute approximate surface area is 160 Å². The van der Waals surface area contributed by atoms with Crippen molar-refractivity contribution >= 4 is 5.96 Å². The van der Waals surface area contributed by atoms with Crippen molar-refractivity contribution < 1.29 is 14.6 Å². The van der Waals surface area contributed by atoms with Crippen LogP contribution in [0, 0.1) is 0 Å². The maximum atomic E-state index is 10.7. The van der Waals surface area contributed by atoms with Crippen LogP contribution in [-0.4, -0.2) is 48.2 Å². The van der Waals surface area contributed by atoms with Gasteiger partial charge in [-0.1, -0.05) is 12.1 Å². The molecule has 27 heavy (non-hydrogen) atoms. The zero-order chi connectivity index (χ0) is 19.9. The van der Waals surface area contributed by atoms with Gasteiger partial charge in [0.1, 0.15) is 5.60 Å². The number of hydrogen-bond donors (Lipinski definition) is 3. The molecule has 2 aromatic rings. The highest BCUT2D eigenvalue weighted by atomic mass is 16.5. The van der Waals surface area contributed by atoms with Gasteiger partial charge in [-0.3, -0.25) is 4.68 Å². The van der Waals surface area contributed by atoms with Gasteiger partial charge in [0.25, 0.3) is 0 Å². The number of methoxy groups -OCH3 is 2. The normalized spacial score (nSPS) is 13.8. The molecule has 0 radical (unpaired) electrons. The SMILES string of the molecule is CCNC(=NCc1cccc(OC)c1OC)NCC(C)(O)c1cnn(C)c1. The van der Waals surface area contributed by atoms with Crippen molar-refractivity contribution in [1.82, 2.24) is 20.4 Å². The van der Waals surface area contributed by atoms with Crippen LogP contribution in [0.15, 0.2) is 35.6 Å². The third kappa shape index (κ3) is 5.37. The van der Waals surface area contributed by atoms with E-state index in [9.17, 15) is 5.11 Å². The molecule has 1 aromatic heterocycles. The molecule has 2 rings (SSSR count). The van der Waals surface area contributed by atoms with Crippen LogP contribution in [0.5, 0.6) is 11.5 Å². The number of aliphatic hydroxyl groups is 1. The average Bonchev–Trinajstić information content (AvgIpc) is 3.11. The van der Waals surface area contributed by atoms with Gasteiger partial charge in [-0.05, 0) is 19.9 Å². The van der Waals surface area contributed by atoms with Crippen LogP contribution in [-0.2, 0) is 19.2 Å². The van der Waals surface area contributed by atoms with E-state index in [0.29, 0.717) is 37.1 Å². The van der Waals surface area contributed by atoms with E-state index in [2.05, 4.69) is 20.7 Å². The predicted molar refractivity (Wildman–Crippen MR) is 105 cm³/mol. The fourth-order valence-electron chi connectivity index (χ4n) is 2.64. The van der Waals surface area contributed by atoms with Crippen molar-refractivity contribution in [2.45, 2.75) is 26.0 Å². The third-order valence-corrected chi connectivity index (χ3v) is 4.16. The Balaban J connectivity index is 2.11. The van der Waals surface area contributed by atoms with Crippen molar-refractivity contribution in [2.24, 2.45) is 12.0 Å². The number of aromatic nitrogens is 2. The molecule has 8 heteroatoms. The molecule has 0 saturated heterocycles. The highest BCUT2D eigenvalue weighted by molar-refractivity contribution is 5.79. The van der Waals surface area contributed by atoms with E-state index in [-0.39, 0.29) is 0 Å². The van der Waals surface area contributed by atoms with Crippen molar-refractivity contribution in [3.05, 3.63) is 41.7 Å². The molecule has 148 valence electrons. The fraction of sp³-hybridized carbons (Fsp3) is 0.474. The summed E-state index contributed by atoms with van der Waals surface area (Å²) in [5.74, 6) is 1.94. The van der Waals surface area contributed by atoms with Crippen LogP contribution in [0.25, 0.3) is 0 Å². The van der Waals surface area contributed by atoms with Crippen molar-refractivity contribution in [2.75, 3.05) is 27.3 Å². The molecule has 1 unspecified atom stereocenters. The topological polar surface area (TPSA) is 92.9 Å². The molecule has 3 N–H and O–H groups in total. The Morgan fingerprint density at radius 2 is 2.07 bits per heavy atom. The second-order valence-corrected chi connectivity index (χ2v) is 6.38. The molecule has 0 saturated carbocycles. The summed E-state index contributed by atoms with van der Waals surface area (Å²) in [5.41, 5.74) is 0.578. The van der Waals surface area contributed by atoms with Crippen molar-refractivity contribution in [3.63, 3.8) is 0 Å². The monoisotopic (exact) mass is 375 g/mol. The number of benzene rings is 1. The molecule has 8 nitrogen and oxygen atoms in total. The molecule has 0 aliphatic heterocycles. The molecule has 0 amide bonds. The lowest BCUT2D eigenvalue weighted by Gasteiger charge is -2.23. The van der Waals surface area contributed by atoms with E-state index < -0.39 is 5.60 Å². The summed E-state index contributed by atoms with van der Waals surface area (Å²) in [7, 11) is 5.04. The summed E-state index contributed by atoms with van der Waals surface area (Å²) in [6, 6.07) is 5.70. The van der Waals surface area contributed by atoms with E-state index >= 15 is 0 Å². The number of aliphatic imine (C=N–C) groups is 1. The maximum absolute atomic E-state index is 10.7. The number of nitrogens with one attached hydrogen (secondary N) is 2. The minimum atomic E-state index is -1.07. The minimum Gasteiger partial charge on any atom is -0.493 e. The van der Waals surface area contributed by atoms with Crippen molar-refractivity contribution in [1.29, 1.82) is 0 Å². The molecule has 1 atom stereocenters. The Hall–Kier alpha value is -2.74. The zero-order valence-electron chi connectivity index (χ0n) is 16.6. The molecule has 0 fully saturated rings. The molecule has 0 bridgehead atoms. The fourth-order valence-corrected chi connectivity index (χ4v) is 2.64. The lowest BCUT2D eigenvalue weighted by Crippen LogP contribution is -2.44. The Morgan fingerprint density at radius 1 is 1.30 bits per heavy atom. The van der Waals surface area contributed by atoms with E-state index in [1.54, 1.807) is 38.2 Å². The van der Waals surface area contributed by atoms with E-state index in [1.165, 1.54) is 0 Å². The minimum absolute atomic E-state index is 0.291. The Bertz CT molecular complexity index is 770. The van der Waals surface area contributed by atoms with Crippen molar-refractivity contribution in [3.8, 4) is 11.5 Å². The summed E-state index contributed by atoms with van der Waals surface area (Å²) in [5, 5.41) is 21.2. The Kier molecular flexibility index (Phi) is 7.06. The summed E-state index contributed by atoms with van der Waals surface area (Å²) in [6.45, 7) is 5.13.